The number of amides is 3. The van der Waals surface area contributed by atoms with Crippen LogP contribution in [0.15, 0.2) is 30.3 Å². The molecule has 3 aliphatic rings. The average Bonchev–Trinajstić information content (AvgIpc) is 3.45. The van der Waals surface area contributed by atoms with E-state index in [1.54, 1.807) is 0 Å². The van der Waals surface area contributed by atoms with E-state index in [1.165, 1.54) is 11.0 Å². The Kier molecular flexibility index (Phi) is 6.13. The number of rotatable bonds is 4. The normalized spacial score (nSPS) is 29.7. The van der Waals surface area contributed by atoms with Gasteiger partial charge < -0.3 is 20.0 Å². The third-order valence-corrected chi connectivity index (χ3v) is 7.76. The second kappa shape index (κ2) is 8.71. The zero-order valence-corrected chi connectivity index (χ0v) is 18.1. The topological polar surface area (TPSA) is 130 Å². The summed E-state index contributed by atoms with van der Waals surface area (Å²) in [5.74, 6) is -1.88. The number of carboxylic acid groups (broad SMARTS) is 1. The number of likely N-dealkylation sites (tertiary alicyclic amines) is 2. The van der Waals surface area contributed by atoms with Crippen LogP contribution in [0.3, 0.4) is 0 Å². The Balaban J connectivity index is 1.65. The Morgan fingerprint density at radius 3 is 2.31 bits per heavy atom. The standard InChI is InChI=1S/C23H31N3O6/c27-19(24-32)23(31)15-26(21(29)30)14-18(23)22(10-5-2-6-11-22)20(28)25-12-9-17(13-25)16-7-3-1-4-8-16/h1,3-4,7-8,17-18,31-32H,2,5-6,9-15H2,(H,24,27)(H,29,30)/t17-,18+,23+/m0/s1. The van der Waals surface area contributed by atoms with Gasteiger partial charge in [0.15, 0.2) is 5.60 Å². The first-order valence-corrected chi connectivity index (χ1v) is 11.3. The molecule has 1 saturated carbocycles. The quantitative estimate of drug-likeness (QED) is 0.413. The Bertz CT molecular complexity index is 872. The van der Waals surface area contributed by atoms with Crippen molar-refractivity contribution in [2.75, 3.05) is 26.2 Å². The molecule has 9 heteroatoms. The highest BCUT2D eigenvalue weighted by Crippen LogP contribution is 2.51. The molecular weight excluding hydrogens is 414 g/mol. The summed E-state index contributed by atoms with van der Waals surface area (Å²) in [5, 5.41) is 30.1. The van der Waals surface area contributed by atoms with Crippen molar-refractivity contribution >= 4 is 17.9 Å². The number of carbonyl (C=O) groups is 3. The van der Waals surface area contributed by atoms with Gasteiger partial charge in [-0.3, -0.25) is 14.8 Å². The summed E-state index contributed by atoms with van der Waals surface area (Å²) >= 11 is 0. The summed E-state index contributed by atoms with van der Waals surface area (Å²) in [6.45, 7) is 0.548. The molecule has 0 bridgehead atoms. The van der Waals surface area contributed by atoms with Crippen molar-refractivity contribution in [3.8, 4) is 0 Å². The first-order chi connectivity index (χ1) is 15.3. The maximum atomic E-state index is 14.0. The zero-order chi connectivity index (χ0) is 22.9. The van der Waals surface area contributed by atoms with Crippen molar-refractivity contribution < 1.29 is 29.8 Å². The fraction of sp³-hybridized carbons (Fsp3) is 0.609. The van der Waals surface area contributed by atoms with Crippen LogP contribution < -0.4 is 5.48 Å². The Hall–Kier alpha value is -2.65. The molecule has 174 valence electrons. The van der Waals surface area contributed by atoms with E-state index < -0.39 is 35.5 Å². The van der Waals surface area contributed by atoms with Crippen LogP contribution in [0.2, 0.25) is 0 Å². The molecular formula is C23H31N3O6. The number of benzene rings is 1. The van der Waals surface area contributed by atoms with E-state index in [0.717, 1.165) is 30.6 Å². The number of carbonyl (C=O) groups excluding carboxylic acids is 2. The van der Waals surface area contributed by atoms with Gasteiger partial charge >= 0.3 is 6.09 Å². The lowest BCUT2D eigenvalue weighted by molar-refractivity contribution is -0.166. The van der Waals surface area contributed by atoms with Gasteiger partial charge in [0.05, 0.1) is 12.0 Å². The van der Waals surface area contributed by atoms with Gasteiger partial charge in [0.1, 0.15) is 0 Å². The molecule has 32 heavy (non-hydrogen) atoms. The van der Waals surface area contributed by atoms with Crippen molar-refractivity contribution in [3.63, 3.8) is 0 Å². The van der Waals surface area contributed by atoms with Gasteiger partial charge in [0.2, 0.25) is 5.91 Å². The van der Waals surface area contributed by atoms with Gasteiger partial charge in [-0.05, 0) is 24.8 Å². The molecule has 3 amide bonds. The number of aliphatic hydroxyl groups is 1. The second-order valence-electron chi connectivity index (χ2n) is 9.45. The number of β-amino-alcohol motifs (C(OH)–C–C–N with tert-alkyl or cyclic N) is 1. The summed E-state index contributed by atoms with van der Waals surface area (Å²) < 4.78 is 0. The Morgan fingerprint density at radius 2 is 1.69 bits per heavy atom. The van der Waals surface area contributed by atoms with Gasteiger partial charge in [-0.15, -0.1) is 0 Å². The highest BCUT2D eigenvalue weighted by Gasteiger charge is 2.63. The summed E-state index contributed by atoms with van der Waals surface area (Å²) in [6, 6.07) is 10.0. The molecule has 9 nitrogen and oxygen atoms in total. The zero-order valence-electron chi connectivity index (χ0n) is 18.1. The smallest absolute Gasteiger partial charge is 0.407 e. The molecule has 4 rings (SSSR count). The minimum Gasteiger partial charge on any atom is -0.465 e. The molecule has 2 aliphatic heterocycles. The van der Waals surface area contributed by atoms with Gasteiger partial charge in [-0.2, -0.15) is 0 Å². The SMILES string of the molecule is O=C(O)N1C[C@H](C2(C(=O)N3CC[C@H](c4ccccc4)C3)CCCCC2)[C@@](O)(C(=O)NO)C1. The molecule has 4 N–H and O–H groups in total. The highest BCUT2D eigenvalue weighted by molar-refractivity contribution is 5.90. The summed E-state index contributed by atoms with van der Waals surface area (Å²) in [6.07, 6.45) is 3.01. The first kappa shape index (κ1) is 22.5. The van der Waals surface area contributed by atoms with Crippen LogP contribution in [-0.2, 0) is 9.59 Å². The van der Waals surface area contributed by atoms with Crippen molar-refractivity contribution in [2.45, 2.75) is 50.0 Å². The van der Waals surface area contributed by atoms with Gasteiger partial charge in [-0.25, -0.2) is 10.3 Å². The molecule has 1 aromatic carbocycles. The van der Waals surface area contributed by atoms with E-state index in [4.69, 9.17) is 0 Å². The monoisotopic (exact) mass is 445 g/mol. The molecule has 0 aromatic heterocycles. The lowest BCUT2D eigenvalue weighted by Gasteiger charge is -2.46. The minimum absolute atomic E-state index is 0.114. The number of hydrogen-bond acceptors (Lipinski definition) is 5. The number of nitrogens with zero attached hydrogens (tertiary/aromatic N) is 2. The van der Waals surface area contributed by atoms with Crippen LogP contribution in [0.4, 0.5) is 4.79 Å². The van der Waals surface area contributed by atoms with E-state index >= 15 is 0 Å². The summed E-state index contributed by atoms with van der Waals surface area (Å²) in [5.41, 5.74) is -0.542. The molecule has 2 heterocycles. The number of nitrogens with one attached hydrogen (secondary N) is 1. The summed E-state index contributed by atoms with van der Waals surface area (Å²) in [4.78, 5) is 41.0. The largest absolute Gasteiger partial charge is 0.465 e. The van der Waals surface area contributed by atoms with E-state index in [1.807, 2.05) is 23.1 Å². The predicted molar refractivity (Wildman–Crippen MR) is 114 cm³/mol. The Morgan fingerprint density at radius 1 is 1.00 bits per heavy atom. The van der Waals surface area contributed by atoms with E-state index in [0.29, 0.717) is 25.9 Å². The van der Waals surface area contributed by atoms with Gasteiger partial charge in [0.25, 0.3) is 5.91 Å². The first-order valence-electron chi connectivity index (χ1n) is 11.3. The maximum Gasteiger partial charge on any atom is 0.407 e. The fourth-order valence-corrected chi connectivity index (χ4v) is 6.09. The molecule has 0 spiro atoms. The van der Waals surface area contributed by atoms with Crippen LogP contribution in [0, 0.1) is 11.3 Å². The van der Waals surface area contributed by atoms with Gasteiger partial charge in [-0.1, -0.05) is 49.6 Å². The van der Waals surface area contributed by atoms with E-state index in [-0.39, 0.29) is 18.4 Å². The van der Waals surface area contributed by atoms with Crippen LogP contribution in [-0.4, -0.2) is 74.9 Å². The molecule has 3 atom stereocenters. The fourth-order valence-electron chi connectivity index (χ4n) is 6.09. The lowest BCUT2D eigenvalue weighted by Crippen LogP contribution is -2.60. The molecule has 0 radical (unpaired) electrons. The predicted octanol–water partition coefficient (Wildman–Crippen LogP) is 1.80. The molecule has 1 aromatic rings. The lowest BCUT2D eigenvalue weighted by atomic mass is 9.60. The van der Waals surface area contributed by atoms with Crippen LogP contribution in [0.25, 0.3) is 0 Å². The highest BCUT2D eigenvalue weighted by atomic mass is 16.5. The van der Waals surface area contributed by atoms with Crippen LogP contribution in [0.5, 0.6) is 0 Å². The minimum atomic E-state index is -2.17. The molecule has 1 aliphatic carbocycles. The van der Waals surface area contributed by atoms with Crippen molar-refractivity contribution in [2.24, 2.45) is 11.3 Å². The molecule has 0 unspecified atom stereocenters. The third kappa shape index (κ3) is 3.73. The number of hydroxylamine groups is 1. The maximum absolute atomic E-state index is 14.0. The molecule has 3 fully saturated rings. The summed E-state index contributed by atoms with van der Waals surface area (Å²) in [7, 11) is 0. The van der Waals surface area contributed by atoms with Crippen molar-refractivity contribution in [1.82, 2.24) is 15.3 Å². The van der Waals surface area contributed by atoms with Crippen molar-refractivity contribution in [1.29, 1.82) is 0 Å². The number of hydrogen-bond donors (Lipinski definition) is 4. The van der Waals surface area contributed by atoms with E-state index in [9.17, 15) is 29.8 Å². The van der Waals surface area contributed by atoms with Crippen LogP contribution in [0.1, 0.15) is 50.0 Å². The van der Waals surface area contributed by atoms with Crippen LogP contribution >= 0.6 is 0 Å². The average molecular weight is 446 g/mol. The second-order valence-corrected chi connectivity index (χ2v) is 9.45. The Labute approximate surface area is 187 Å². The van der Waals surface area contributed by atoms with Gasteiger partial charge in [0, 0.05) is 31.5 Å². The molecule has 2 saturated heterocycles. The van der Waals surface area contributed by atoms with E-state index in [2.05, 4.69) is 12.1 Å². The van der Waals surface area contributed by atoms with Crippen molar-refractivity contribution in [3.05, 3.63) is 35.9 Å². The third-order valence-electron chi connectivity index (χ3n) is 7.76.